The molecule has 0 radical (unpaired) electrons. The molecular weight excluding hydrogens is 376 g/mol. The van der Waals surface area contributed by atoms with Crippen molar-refractivity contribution in [2.24, 2.45) is 0 Å². The van der Waals surface area contributed by atoms with E-state index in [1.807, 2.05) is 67.5 Å². The van der Waals surface area contributed by atoms with Crippen molar-refractivity contribution in [2.75, 3.05) is 40.6 Å². The van der Waals surface area contributed by atoms with E-state index in [1.165, 1.54) is 0 Å². The predicted octanol–water partition coefficient (Wildman–Crippen LogP) is 2.99. The van der Waals surface area contributed by atoms with E-state index in [2.05, 4.69) is 0 Å². The lowest BCUT2D eigenvalue weighted by molar-refractivity contribution is 0.386. The Kier molecular flexibility index (Phi) is 8.29. The van der Waals surface area contributed by atoms with Crippen LogP contribution in [0.4, 0.5) is 0 Å². The zero-order valence-electron chi connectivity index (χ0n) is 17.1. The van der Waals surface area contributed by atoms with Crippen molar-refractivity contribution < 1.29 is 17.9 Å². The molecule has 2 rings (SSSR count). The largest absolute Gasteiger partial charge is 0.497 e. The minimum atomic E-state index is -3.40. The Morgan fingerprint density at radius 1 is 0.786 bits per heavy atom. The highest BCUT2D eigenvalue weighted by Crippen LogP contribution is 2.19. The molecule has 0 saturated carbocycles. The molecule has 6 nitrogen and oxygen atoms in total. The second kappa shape index (κ2) is 10.5. The Morgan fingerprint density at radius 3 is 1.57 bits per heavy atom. The summed E-state index contributed by atoms with van der Waals surface area (Å²) in [4.78, 5) is 1.99. The number of nitrogens with zero attached hydrogens (tertiary/aromatic N) is 2. The van der Waals surface area contributed by atoms with E-state index in [4.69, 9.17) is 9.47 Å². The van der Waals surface area contributed by atoms with Gasteiger partial charge in [0.25, 0.3) is 0 Å². The van der Waals surface area contributed by atoms with Crippen LogP contribution in [0.1, 0.15) is 17.5 Å². The van der Waals surface area contributed by atoms with Crippen molar-refractivity contribution in [3.63, 3.8) is 0 Å². The standard InChI is InChI=1S/C21H30N2O4S/c1-22(2)14-5-15-28(24,25)23(16-18-6-10-20(26-3)11-7-18)17-19-8-12-21(27-4)13-9-19/h6-13H,5,14-17H2,1-4H3. The summed E-state index contributed by atoms with van der Waals surface area (Å²) in [6.07, 6.45) is 0.594. The fourth-order valence-electron chi connectivity index (χ4n) is 2.81. The van der Waals surface area contributed by atoms with E-state index in [1.54, 1.807) is 18.5 Å². The number of hydrogen-bond donors (Lipinski definition) is 0. The van der Waals surface area contributed by atoms with Gasteiger partial charge in [-0.1, -0.05) is 24.3 Å². The van der Waals surface area contributed by atoms with Crippen molar-refractivity contribution >= 4 is 10.0 Å². The van der Waals surface area contributed by atoms with Crippen molar-refractivity contribution in [1.82, 2.24) is 9.21 Å². The number of rotatable bonds is 11. The second-order valence-corrected chi connectivity index (χ2v) is 9.03. The van der Waals surface area contributed by atoms with Gasteiger partial charge in [-0.25, -0.2) is 8.42 Å². The molecule has 0 saturated heterocycles. The van der Waals surface area contributed by atoms with Gasteiger partial charge in [-0.05, 0) is 62.5 Å². The Morgan fingerprint density at radius 2 is 1.21 bits per heavy atom. The van der Waals surface area contributed by atoms with Gasteiger partial charge < -0.3 is 14.4 Å². The van der Waals surface area contributed by atoms with Gasteiger partial charge in [0, 0.05) is 13.1 Å². The van der Waals surface area contributed by atoms with Gasteiger partial charge in [0.15, 0.2) is 0 Å². The molecule has 0 atom stereocenters. The first-order valence-corrected chi connectivity index (χ1v) is 10.8. The van der Waals surface area contributed by atoms with Crippen LogP contribution in [0.3, 0.4) is 0 Å². The summed E-state index contributed by atoms with van der Waals surface area (Å²) < 4.78 is 38.0. The van der Waals surface area contributed by atoms with E-state index in [-0.39, 0.29) is 5.75 Å². The lowest BCUT2D eigenvalue weighted by Gasteiger charge is -2.23. The first-order chi connectivity index (χ1) is 13.3. The van der Waals surface area contributed by atoms with Crippen LogP contribution in [0, 0.1) is 0 Å². The van der Waals surface area contributed by atoms with Crippen LogP contribution >= 0.6 is 0 Å². The van der Waals surface area contributed by atoms with E-state index in [0.717, 1.165) is 29.2 Å². The lowest BCUT2D eigenvalue weighted by Crippen LogP contribution is -2.33. The molecule has 0 aliphatic heterocycles. The molecule has 0 aromatic heterocycles. The summed E-state index contributed by atoms with van der Waals surface area (Å²) in [5.41, 5.74) is 1.84. The van der Waals surface area contributed by atoms with E-state index in [9.17, 15) is 8.42 Å². The van der Waals surface area contributed by atoms with Crippen molar-refractivity contribution in [1.29, 1.82) is 0 Å². The van der Waals surface area contributed by atoms with Crippen LogP contribution in [0.15, 0.2) is 48.5 Å². The SMILES string of the molecule is COc1ccc(CN(Cc2ccc(OC)cc2)S(=O)(=O)CCCN(C)C)cc1. The molecule has 0 aliphatic rings. The van der Waals surface area contributed by atoms with Crippen LogP contribution in [-0.4, -0.2) is 58.2 Å². The monoisotopic (exact) mass is 406 g/mol. The lowest BCUT2D eigenvalue weighted by atomic mass is 10.2. The highest BCUT2D eigenvalue weighted by atomic mass is 32.2. The van der Waals surface area contributed by atoms with Gasteiger partial charge in [-0.3, -0.25) is 0 Å². The zero-order valence-corrected chi connectivity index (χ0v) is 17.9. The molecule has 2 aromatic rings. The summed E-state index contributed by atoms with van der Waals surface area (Å²) in [6, 6.07) is 15.0. The molecule has 0 spiro atoms. The van der Waals surface area contributed by atoms with Gasteiger partial charge in [0.05, 0.1) is 20.0 Å². The Balaban J connectivity index is 2.19. The molecule has 0 amide bonds. The number of sulfonamides is 1. The topological polar surface area (TPSA) is 59.1 Å². The van der Waals surface area contributed by atoms with Crippen LogP contribution in [-0.2, 0) is 23.1 Å². The molecular formula is C21H30N2O4S. The highest BCUT2D eigenvalue weighted by Gasteiger charge is 2.22. The molecule has 0 aliphatic carbocycles. The van der Waals surface area contributed by atoms with Gasteiger partial charge in [-0.15, -0.1) is 0 Å². The Labute approximate surface area is 168 Å². The second-order valence-electron chi connectivity index (χ2n) is 6.94. The average molecular weight is 407 g/mol. The van der Waals surface area contributed by atoms with E-state index < -0.39 is 10.0 Å². The predicted molar refractivity (Wildman–Crippen MR) is 112 cm³/mol. The fraction of sp³-hybridized carbons (Fsp3) is 0.429. The third-order valence-electron chi connectivity index (χ3n) is 4.44. The van der Waals surface area contributed by atoms with Crippen molar-refractivity contribution in [2.45, 2.75) is 19.5 Å². The summed E-state index contributed by atoms with van der Waals surface area (Å²) >= 11 is 0. The highest BCUT2D eigenvalue weighted by molar-refractivity contribution is 7.89. The molecule has 0 bridgehead atoms. The van der Waals surface area contributed by atoms with Gasteiger partial charge in [-0.2, -0.15) is 4.31 Å². The summed E-state index contributed by atoms with van der Waals surface area (Å²) in [7, 11) is 3.71. The quantitative estimate of drug-likeness (QED) is 0.574. The average Bonchev–Trinajstić information content (AvgIpc) is 2.68. The van der Waals surface area contributed by atoms with E-state index >= 15 is 0 Å². The number of benzene rings is 2. The smallest absolute Gasteiger partial charge is 0.214 e. The molecule has 28 heavy (non-hydrogen) atoms. The number of methoxy groups -OCH3 is 2. The Bertz CT molecular complexity index is 769. The minimum Gasteiger partial charge on any atom is -0.497 e. The number of hydrogen-bond acceptors (Lipinski definition) is 5. The van der Waals surface area contributed by atoms with Crippen LogP contribution in [0.25, 0.3) is 0 Å². The summed E-state index contributed by atoms with van der Waals surface area (Å²) in [6.45, 7) is 1.37. The first kappa shape index (κ1) is 22.2. The molecule has 7 heteroatoms. The van der Waals surface area contributed by atoms with Crippen LogP contribution in [0.5, 0.6) is 11.5 Å². The summed E-state index contributed by atoms with van der Waals surface area (Å²) in [5, 5.41) is 0. The van der Waals surface area contributed by atoms with E-state index in [0.29, 0.717) is 19.5 Å². The van der Waals surface area contributed by atoms with Crippen molar-refractivity contribution in [3.05, 3.63) is 59.7 Å². The maximum atomic E-state index is 13.0. The third kappa shape index (κ3) is 6.82. The zero-order chi connectivity index (χ0) is 20.6. The maximum Gasteiger partial charge on any atom is 0.214 e. The van der Waals surface area contributed by atoms with Gasteiger partial charge in [0.2, 0.25) is 10.0 Å². The fourth-order valence-corrected chi connectivity index (χ4v) is 4.26. The molecule has 0 fully saturated rings. The Hall–Kier alpha value is -2.09. The maximum absolute atomic E-state index is 13.0. The van der Waals surface area contributed by atoms with Crippen molar-refractivity contribution in [3.8, 4) is 11.5 Å². The van der Waals surface area contributed by atoms with Crippen LogP contribution in [0.2, 0.25) is 0 Å². The third-order valence-corrected chi connectivity index (χ3v) is 6.29. The molecule has 0 heterocycles. The van der Waals surface area contributed by atoms with Gasteiger partial charge >= 0.3 is 0 Å². The molecule has 2 aromatic carbocycles. The molecule has 0 N–H and O–H groups in total. The van der Waals surface area contributed by atoms with Crippen LogP contribution < -0.4 is 9.47 Å². The number of ether oxygens (including phenoxy) is 2. The van der Waals surface area contributed by atoms with Gasteiger partial charge in [0.1, 0.15) is 11.5 Å². The first-order valence-electron chi connectivity index (χ1n) is 9.22. The normalized spacial score (nSPS) is 11.8. The minimum absolute atomic E-state index is 0.123. The molecule has 0 unspecified atom stereocenters. The molecule has 154 valence electrons. The summed E-state index contributed by atoms with van der Waals surface area (Å²) in [5.74, 6) is 1.62.